The Morgan fingerprint density at radius 1 is 1.04 bits per heavy atom. The fourth-order valence-corrected chi connectivity index (χ4v) is 3.38. The number of carboxylic acid groups (broad SMARTS) is 1. The molecule has 0 spiro atoms. The van der Waals surface area contributed by atoms with Crippen molar-refractivity contribution >= 4 is 5.97 Å². The summed E-state index contributed by atoms with van der Waals surface area (Å²) in [5, 5.41) is 8.92. The Hall–Kier alpha value is -2.27. The number of nitrogens with zero attached hydrogens (tertiary/aromatic N) is 1. The van der Waals surface area contributed by atoms with Crippen molar-refractivity contribution in [1.82, 2.24) is 4.90 Å². The monoisotopic (exact) mass is 345 g/mol. The molecule has 1 aliphatic heterocycles. The Bertz CT molecular complexity index is 718. The quantitative estimate of drug-likeness (QED) is 0.886. The molecular weight excluding hydrogens is 324 g/mol. The summed E-state index contributed by atoms with van der Waals surface area (Å²) in [5.41, 5.74) is 1.56. The van der Waals surface area contributed by atoms with Crippen LogP contribution in [0.25, 0.3) is 0 Å². The number of carbonyl (C=O) groups is 1. The zero-order valence-electron chi connectivity index (χ0n) is 13.9. The molecule has 5 heteroatoms. The SMILES string of the molecule is O=C(O)c1ccc(CN2CCC(Cc3c(F)cccc3F)CC2)cc1. The second-order valence-corrected chi connectivity index (χ2v) is 6.63. The molecule has 132 valence electrons. The summed E-state index contributed by atoms with van der Waals surface area (Å²) in [6.45, 7) is 2.52. The molecule has 0 atom stereocenters. The summed E-state index contributed by atoms with van der Waals surface area (Å²) in [4.78, 5) is 13.2. The molecule has 0 unspecified atom stereocenters. The van der Waals surface area contributed by atoms with E-state index in [1.54, 1.807) is 12.1 Å². The first-order chi connectivity index (χ1) is 12.0. The first-order valence-electron chi connectivity index (χ1n) is 8.50. The van der Waals surface area contributed by atoms with E-state index >= 15 is 0 Å². The summed E-state index contributed by atoms with van der Waals surface area (Å²) in [7, 11) is 0. The van der Waals surface area contributed by atoms with Gasteiger partial charge in [0.05, 0.1) is 5.56 Å². The third-order valence-corrected chi connectivity index (χ3v) is 4.87. The van der Waals surface area contributed by atoms with E-state index in [0.29, 0.717) is 6.42 Å². The smallest absolute Gasteiger partial charge is 0.335 e. The van der Waals surface area contributed by atoms with Crippen molar-refractivity contribution in [2.45, 2.75) is 25.8 Å². The van der Waals surface area contributed by atoms with Gasteiger partial charge in [0, 0.05) is 12.1 Å². The normalized spacial score (nSPS) is 16.1. The van der Waals surface area contributed by atoms with Crippen LogP contribution in [0.3, 0.4) is 0 Å². The Balaban J connectivity index is 1.52. The van der Waals surface area contributed by atoms with Crippen LogP contribution in [0, 0.1) is 17.6 Å². The highest BCUT2D eigenvalue weighted by atomic mass is 19.1. The number of benzene rings is 2. The van der Waals surface area contributed by atoms with Gasteiger partial charge in [-0.1, -0.05) is 18.2 Å². The van der Waals surface area contributed by atoms with Crippen molar-refractivity contribution < 1.29 is 18.7 Å². The van der Waals surface area contributed by atoms with Gasteiger partial charge in [-0.15, -0.1) is 0 Å². The molecule has 1 N–H and O–H groups in total. The first-order valence-corrected chi connectivity index (χ1v) is 8.50. The molecule has 0 radical (unpaired) electrons. The van der Waals surface area contributed by atoms with Crippen molar-refractivity contribution in [2.75, 3.05) is 13.1 Å². The van der Waals surface area contributed by atoms with Crippen molar-refractivity contribution in [3.05, 3.63) is 70.8 Å². The summed E-state index contributed by atoms with van der Waals surface area (Å²) >= 11 is 0. The number of hydrogen-bond acceptors (Lipinski definition) is 2. The second kappa shape index (κ2) is 7.74. The van der Waals surface area contributed by atoms with Crippen LogP contribution in [-0.2, 0) is 13.0 Å². The van der Waals surface area contributed by atoms with E-state index in [0.717, 1.165) is 38.0 Å². The standard InChI is InChI=1S/C20H21F2NO2/c21-18-2-1-3-19(22)17(18)12-14-8-10-23(11-9-14)13-15-4-6-16(7-5-15)20(24)25/h1-7,14H,8-13H2,(H,24,25). The largest absolute Gasteiger partial charge is 0.478 e. The number of likely N-dealkylation sites (tertiary alicyclic amines) is 1. The second-order valence-electron chi connectivity index (χ2n) is 6.63. The van der Waals surface area contributed by atoms with Gasteiger partial charge in [-0.25, -0.2) is 13.6 Å². The average molecular weight is 345 g/mol. The maximum absolute atomic E-state index is 13.8. The summed E-state index contributed by atoms with van der Waals surface area (Å²) in [6, 6.07) is 10.9. The molecule has 2 aromatic carbocycles. The first kappa shape index (κ1) is 17.5. The highest BCUT2D eigenvalue weighted by Crippen LogP contribution is 2.25. The Morgan fingerprint density at radius 2 is 1.64 bits per heavy atom. The molecule has 1 aliphatic rings. The van der Waals surface area contributed by atoms with Gasteiger partial charge in [0.2, 0.25) is 0 Å². The lowest BCUT2D eigenvalue weighted by Gasteiger charge is -2.32. The van der Waals surface area contributed by atoms with Crippen LogP contribution in [0.4, 0.5) is 8.78 Å². The van der Waals surface area contributed by atoms with Gasteiger partial charge in [-0.3, -0.25) is 4.90 Å². The van der Waals surface area contributed by atoms with Gasteiger partial charge in [0.1, 0.15) is 11.6 Å². The van der Waals surface area contributed by atoms with E-state index in [4.69, 9.17) is 5.11 Å². The number of carboxylic acids is 1. The van der Waals surface area contributed by atoms with Gasteiger partial charge < -0.3 is 5.11 Å². The van der Waals surface area contributed by atoms with Crippen LogP contribution in [0.1, 0.15) is 34.3 Å². The zero-order chi connectivity index (χ0) is 17.8. The molecule has 0 bridgehead atoms. The van der Waals surface area contributed by atoms with Crippen molar-refractivity contribution in [3.63, 3.8) is 0 Å². The van der Waals surface area contributed by atoms with E-state index in [2.05, 4.69) is 4.90 Å². The Morgan fingerprint density at radius 3 is 2.20 bits per heavy atom. The fourth-order valence-electron chi connectivity index (χ4n) is 3.38. The van der Waals surface area contributed by atoms with Gasteiger partial charge in [-0.2, -0.15) is 0 Å². The molecule has 25 heavy (non-hydrogen) atoms. The fraction of sp³-hybridized carbons (Fsp3) is 0.350. The number of hydrogen-bond donors (Lipinski definition) is 1. The maximum atomic E-state index is 13.8. The number of rotatable bonds is 5. The van der Waals surface area contributed by atoms with Crippen LogP contribution in [0.5, 0.6) is 0 Å². The van der Waals surface area contributed by atoms with Crippen molar-refractivity contribution in [2.24, 2.45) is 5.92 Å². The minimum absolute atomic E-state index is 0.199. The Labute approximate surface area is 145 Å². The highest BCUT2D eigenvalue weighted by molar-refractivity contribution is 5.87. The van der Waals surface area contributed by atoms with E-state index in [-0.39, 0.29) is 17.0 Å². The minimum atomic E-state index is -0.923. The summed E-state index contributed by atoms with van der Waals surface area (Å²) < 4.78 is 27.5. The van der Waals surface area contributed by atoms with E-state index < -0.39 is 17.6 Å². The predicted molar refractivity (Wildman–Crippen MR) is 91.5 cm³/mol. The van der Waals surface area contributed by atoms with E-state index in [1.807, 2.05) is 12.1 Å². The van der Waals surface area contributed by atoms with Crippen LogP contribution in [-0.4, -0.2) is 29.1 Å². The van der Waals surface area contributed by atoms with E-state index in [9.17, 15) is 13.6 Å². The van der Waals surface area contributed by atoms with Crippen LogP contribution < -0.4 is 0 Å². The molecule has 3 nitrogen and oxygen atoms in total. The van der Waals surface area contributed by atoms with Gasteiger partial charge in [-0.05, 0) is 68.1 Å². The molecule has 1 saturated heterocycles. The molecule has 3 rings (SSSR count). The minimum Gasteiger partial charge on any atom is -0.478 e. The van der Waals surface area contributed by atoms with Crippen LogP contribution >= 0.6 is 0 Å². The Kier molecular flexibility index (Phi) is 5.43. The molecule has 2 aromatic rings. The third-order valence-electron chi connectivity index (χ3n) is 4.87. The van der Waals surface area contributed by atoms with E-state index in [1.165, 1.54) is 18.2 Å². The summed E-state index contributed by atoms with van der Waals surface area (Å²) in [5.74, 6) is -1.55. The van der Waals surface area contributed by atoms with Gasteiger partial charge in [0.15, 0.2) is 0 Å². The number of piperidine rings is 1. The maximum Gasteiger partial charge on any atom is 0.335 e. The lowest BCUT2D eigenvalue weighted by Crippen LogP contribution is -2.34. The highest BCUT2D eigenvalue weighted by Gasteiger charge is 2.22. The zero-order valence-corrected chi connectivity index (χ0v) is 13.9. The van der Waals surface area contributed by atoms with Crippen molar-refractivity contribution in [3.8, 4) is 0 Å². The van der Waals surface area contributed by atoms with Crippen molar-refractivity contribution in [1.29, 1.82) is 0 Å². The summed E-state index contributed by atoms with van der Waals surface area (Å²) in [6.07, 6.45) is 2.25. The molecule has 0 aliphatic carbocycles. The van der Waals surface area contributed by atoms with Crippen LogP contribution in [0.2, 0.25) is 0 Å². The van der Waals surface area contributed by atoms with Crippen LogP contribution in [0.15, 0.2) is 42.5 Å². The molecule has 0 amide bonds. The molecule has 1 heterocycles. The number of aromatic carboxylic acids is 1. The molecular formula is C20H21F2NO2. The lowest BCUT2D eigenvalue weighted by atomic mass is 9.89. The lowest BCUT2D eigenvalue weighted by molar-refractivity contribution is 0.0697. The molecule has 0 saturated carbocycles. The number of halogens is 2. The third kappa shape index (κ3) is 4.42. The predicted octanol–water partition coefficient (Wildman–Crippen LogP) is 4.12. The topological polar surface area (TPSA) is 40.5 Å². The molecule has 1 fully saturated rings. The van der Waals surface area contributed by atoms with Gasteiger partial charge >= 0.3 is 5.97 Å². The molecule has 0 aromatic heterocycles. The average Bonchev–Trinajstić information content (AvgIpc) is 2.60. The van der Waals surface area contributed by atoms with Gasteiger partial charge in [0.25, 0.3) is 0 Å².